The summed E-state index contributed by atoms with van der Waals surface area (Å²) >= 11 is 0. The Morgan fingerprint density at radius 2 is 1.96 bits per heavy atom. The number of nitrogens with one attached hydrogen (secondary N) is 1. The van der Waals surface area contributed by atoms with E-state index in [1.54, 1.807) is 29.2 Å². The second-order valence-corrected chi connectivity index (χ2v) is 5.24. The summed E-state index contributed by atoms with van der Waals surface area (Å²) in [6, 6.07) is 6.47. The lowest BCUT2D eigenvalue weighted by Crippen LogP contribution is -2.54. The third-order valence-corrected chi connectivity index (χ3v) is 3.75. The Morgan fingerprint density at radius 3 is 2.65 bits per heavy atom. The van der Waals surface area contributed by atoms with E-state index in [9.17, 15) is 9.59 Å². The Labute approximate surface area is 133 Å². The van der Waals surface area contributed by atoms with Crippen LogP contribution in [0.25, 0.3) is 0 Å². The fourth-order valence-electron chi connectivity index (χ4n) is 2.58. The van der Waals surface area contributed by atoms with E-state index in [0.717, 1.165) is 6.54 Å². The average Bonchev–Trinajstić information content (AvgIpc) is 3.28. The van der Waals surface area contributed by atoms with Gasteiger partial charge in [-0.2, -0.15) is 0 Å². The number of hydrogen-bond donors (Lipinski definition) is 1. The van der Waals surface area contributed by atoms with Gasteiger partial charge in [-0.1, -0.05) is 0 Å². The lowest BCUT2D eigenvalue weighted by molar-refractivity contribution is 0.0387. The van der Waals surface area contributed by atoms with Gasteiger partial charge in [0.25, 0.3) is 5.91 Å². The van der Waals surface area contributed by atoms with Crippen molar-refractivity contribution in [1.29, 1.82) is 0 Å². The smallest absolute Gasteiger partial charge is 0.374 e. The van der Waals surface area contributed by atoms with E-state index in [0.29, 0.717) is 25.3 Å². The number of ether oxygens (including phenoxy) is 1. The third kappa shape index (κ3) is 3.62. The van der Waals surface area contributed by atoms with Crippen LogP contribution in [0.5, 0.6) is 0 Å². The zero-order valence-corrected chi connectivity index (χ0v) is 12.6. The van der Waals surface area contributed by atoms with E-state index in [-0.39, 0.29) is 24.3 Å². The summed E-state index contributed by atoms with van der Waals surface area (Å²) in [5.41, 5.74) is 0. The van der Waals surface area contributed by atoms with Crippen LogP contribution in [0.15, 0.2) is 45.6 Å². The molecule has 2 aromatic heterocycles. The maximum Gasteiger partial charge on any atom is 0.374 e. The van der Waals surface area contributed by atoms with E-state index in [4.69, 9.17) is 13.6 Å². The normalized spacial score (nSPS) is 17.9. The first-order valence-electron chi connectivity index (χ1n) is 7.51. The molecule has 1 fully saturated rings. The third-order valence-electron chi connectivity index (χ3n) is 3.75. The molecule has 7 nitrogen and oxygen atoms in total. The highest BCUT2D eigenvalue weighted by Gasteiger charge is 2.28. The zero-order valence-electron chi connectivity index (χ0n) is 12.6. The Hall–Kier alpha value is -2.54. The largest absolute Gasteiger partial charge is 0.460 e. The van der Waals surface area contributed by atoms with Gasteiger partial charge in [-0.05, 0) is 24.3 Å². The van der Waals surface area contributed by atoms with Crippen molar-refractivity contribution in [2.24, 2.45) is 0 Å². The predicted molar refractivity (Wildman–Crippen MR) is 80.0 cm³/mol. The molecule has 0 radical (unpaired) electrons. The van der Waals surface area contributed by atoms with Gasteiger partial charge < -0.3 is 23.8 Å². The summed E-state index contributed by atoms with van der Waals surface area (Å²) < 4.78 is 15.3. The molecule has 1 atom stereocenters. The van der Waals surface area contributed by atoms with Crippen LogP contribution < -0.4 is 5.32 Å². The van der Waals surface area contributed by atoms with Crippen LogP contribution in [0.1, 0.15) is 27.5 Å². The fourth-order valence-corrected chi connectivity index (χ4v) is 2.58. The SMILES string of the molecule is O=C(OCCC1CNCCN1C(=O)c1ccco1)c1ccco1. The van der Waals surface area contributed by atoms with Gasteiger partial charge in [0, 0.05) is 32.1 Å². The highest BCUT2D eigenvalue weighted by atomic mass is 16.5. The van der Waals surface area contributed by atoms with Crippen molar-refractivity contribution in [3.8, 4) is 0 Å². The van der Waals surface area contributed by atoms with E-state index >= 15 is 0 Å². The van der Waals surface area contributed by atoms with Gasteiger partial charge in [0.15, 0.2) is 5.76 Å². The minimum Gasteiger partial charge on any atom is -0.460 e. The number of carbonyl (C=O) groups is 2. The number of hydrogen-bond acceptors (Lipinski definition) is 6. The molecule has 3 heterocycles. The number of nitrogens with zero attached hydrogens (tertiary/aromatic N) is 1. The molecular formula is C16H18N2O5. The second kappa shape index (κ2) is 7.15. The summed E-state index contributed by atoms with van der Waals surface area (Å²) in [4.78, 5) is 25.9. The van der Waals surface area contributed by atoms with Crippen molar-refractivity contribution in [2.45, 2.75) is 12.5 Å². The highest BCUT2D eigenvalue weighted by molar-refractivity contribution is 5.91. The van der Waals surface area contributed by atoms with Crippen LogP contribution in [-0.4, -0.2) is 49.1 Å². The molecule has 3 rings (SSSR count). The number of amides is 1. The summed E-state index contributed by atoms with van der Waals surface area (Å²) in [7, 11) is 0. The zero-order chi connectivity index (χ0) is 16.1. The minimum atomic E-state index is -0.498. The predicted octanol–water partition coefficient (Wildman–Crippen LogP) is 1.53. The van der Waals surface area contributed by atoms with Crippen LogP contribution in [0, 0.1) is 0 Å². The standard InChI is InChI=1S/C16H18N2O5/c19-15(13-3-1-8-21-13)18-7-6-17-11-12(18)5-10-23-16(20)14-4-2-9-22-14/h1-4,8-9,12,17H,5-7,10-11H2. The van der Waals surface area contributed by atoms with Crippen LogP contribution in [-0.2, 0) is 4.74 Å². The van der Waals surface area contributed by atoms with Crippen LogP contribution in [0.4, 0.5) is 0 Å². The van der Waals surface area contributed by atoms with Gasteiger partial charge in [0.05, 0.1) is 19.1 Å². The van der Waals surface area contributed by atoms with Crippen LogP contribution >= 0.6 is 0 Å². The minimum absolute atomic E-state index is 0.0502. The van der Waals surface area contributed by atoms with Gasteiger partial charge in [0.2, 0.25) is 5.76 Å². The molecule has 0 aromatic carbocycles. The fraction of sp³-hybridized carbons (Fsp3) is 0.375. The Morgan fingerprint density at radius 1 is 1.22 bits per heavy atom. The molecule has 0 spiro atoms. The van der Waals surface area contributed by atoms with Crippen molar-refractivity contribution >= 4 is 11.9 Å². The Balaban J connectivity index is 1.54. The maximum absolute atomic E-state index is 12.4. The molecule has 2 aromatic rings. The van der Waals surface area contributed by atoms with Crippen molar-refractivity contribution in [2.75, 3.05) is 26.2 Å². The number of piperazine rings is 1. The molecule has 1 N–H and O–H groups in total. The molecule has 0 aliphatic carbocycles. The molecule has 1 unspecified atom stereocenters. The molecule has 23 heavy (non-hydrogen) atoms. The monoisotopic (exact) mass is 318 g/mol. The molecule has 1 amide bonds. The molecule has 0 saturated carbocycles. The first kappa shape index (κ1) is 15.4. The average molecular weight is 318 g/mol. The quantitative estimate of drug-likeness (QED) is 0.842. The van der Waals surface area contributed by atoms with Gasteiger partial charge in [-0.25, -0.2) is 4.79 Å². The summed E-state index contributed by atoms with van der Waals surface area (Å²) in [5.74, 6) is -0.138. The molecule has 0 bridgehead atoms. The van der Waals surface area contributed by atoms with Crippen molar-refractivity contribution in [3.05, 3.63) is 48.3 Å². The second-order valence-electron chi connectivity index (χ2n) is 5.24. The van der Waals surface area contributed by atoms with Crippen molar-refractivity contribution < 1.29 is 23.2 Å². The van der Waals surface area contributed by atoms with Crippen LogP contribution in [0.3, 0.4) is 0 Å². The van der Waals surface area contributed by atoms with Gasteiger partial charge >= 0.3 is 5.97 Å². The Kier molecular flexibility index (Phi) is 4.77. The molecule has 1 saturated heterocycles. The Bertz CT molecular complexity index is 635. The first-order valence-corrected chi connectivity index (χ1v) is 7.51. The summed E-state index contributed by atoms with van der Waals surface area (Å²) in [5, 5.41) is 3.25. The summed E-state index contributed by atoms with van der Waals surface area (Å²) in [6.45, 7) is 2.20. The van der Waals surface area contributed by atoms with Crippen LogP contribution in [0.2, 0.25) is 0 Å². The van der Waals surface area contributed by atoms with E-state index in [2.05, 4.69) is 5.32 Å². The lowest BCUT2D eigenvalue weighted by Gasteiger charge is -2.35. The van der Waals surface area contributed by atoms with Gasteiger partial charge in [0.1, 0.15) is 0 Å². The number of furan rings is 2. The highest BCUT2D eigenvalue weighted by Crippen LogP contribution is 2.14. The number of esters is 1. The molecule has 1 aliphatic heterocycles. The van der Waals surface area contributed by atoms with Gasteiger partial charge in [-0.15, -0.1) is 0 Å². The number of rotatable bonds is 5. The molecule has 1 aliphatic rings. The van der Waals surface area contributed by atoms with E-state index in [1.165, 1.54) is 12.5 Å². The van der Waals surface area contributed by atoms with E-state index in [1.807, 2.05) is 0 Å². The molecule has 7 heteroatoms. The number of carbonyl (C=O) groups excluding carboxylic acids is 2. The first-order chi connectivity index (χ1) is 11.3. The topological polar surface area (TPSA) is 84.9 Å². The molecule has 122 valence electrons. The maximum atomic E-state index is 12.4. The van der Waals surface area contributed by atoms with Gasteiger partial charge in [-0.3, -0.25) is 4.79 Å². The van der Waals surface area contributed by atoms with Crippen molar-refractivity contribution in [3.63, 3.8) is 0 Å². The summed E-state index contributed by atoms with van der Waals surface area (Å²) in [6.07, 6.45) is 3.45. The molecular weight excluding hydrogens is 300 g/mol. The van der Waals surface area contributed by atoms with E-state index < -0.39 is 5.97 Å². The lowest BCUT2D eigenvalue weighted by atomic mass is 10.1. The van der Waals surface area contributed by atoms with Crippen molar-refractivity contribution in [1.82, 2.24) is 10.2 Å².